The molecule has 3 aromatic rings. The van der Waals surface area contributed by atoms with E-state index in [-0.39, 0.29) is 5.56 Å². The fourth-order valence-corrected chi connectivity index (χ4v) is 2.26. The van der Waals surface area contributed by atoms with Gasteiger partial charge in [0.25, 0.3) is 5.56 Å². The Morgan fingerprint density at radius 3 is 2.74 bits per heavy atom. The molecule has 0 atom stereocenters. The second-order valence-corrected chi connectivity index (χ2v) is 4.92. The molecule has 0 fully saturated rings. The fraction of sp³-hybridized carbons (Fsp3) is 0.154. The third-order valence-electron chi connectivity index (χ3n) is 3.09. The quantitative estimate of drug-likeness (QED) is 0.668. The molecule has 1 aromatic carbocycles. The van der Waals surface area contributed by atoms with Crippen molar-refractivity contribution in [2.24, 2.45) is 0 Å². The Kier molecular flexibility index (Phi) is 2.60. The molecule has 6 heteroatoms. The van der Waals surface area contributed by atoms with E-state index >= 15 is 0 Å². The van der Waals surface area contributed by atoms with Crippen LogP contribution in [0.25, 0.3) is 16.8 Å². The van der Waals surface area contributed by atoms with E-state index in [2.05, 4.69) is 21.4 Å². The van der Waals surface area contributed by atoms with Crippen molar-refractivity contribution >= 4 is 17.7 Å². The average molecular weight is 272 g/mol. The first kappa shape index (κ1) is 11.9. The van der Waals surface area contributed by atoms with E-state index in [4.69, 9.17) is 12.2 Å². The maximum absolute atomic E-state index is 11.7. The molecule has 19 heavy (non-hydrogen) atoms. The van der Waals surface area contributed by atoms with Crippen LogP contribution in [0.5, 0.6) is 0 Å². The summed E-state index contributed by atoms with van der Waals surface area (Å²) in [4.78, 5) is 11.7. The van der Waals surface area contributed by atoms with E-state index in [0.29, 0.717) is 10.3 Å². The Labute approximate surface area is 113 Å². The van der Waals surface area contributed by atoms with Gasteiger partial charge in [0.1, 0.15) is 5.52 Å². The predicted molar refractivity (Wildman–Crippen MR) is 75.9 cm³/mol. The van der Waals surface area contributed by atoms with E-state index in [1.165, 1.54) is 4.52 Å². The number of H-pyrrole nitrogens is 2. The number of rotatable bonds is 1. The van der Waals surface area contributed by atoms with Crippen molar-refractivity contribution in [2.45, 2.75) is 13.8 Å². The topological polar surface area (TPSA) is 66.0 Å². The van der Waals surface area contributed by atoms with Crippen LogP contribution in [0.2, 0.25) is 0 Å². The standard InChI is InChI=1S/C13H12N4OS/c1-7-3-4-8(2)9(5-7)10-6-11-12(18)14-15-13(19)17(11)16-10/h3-6H,1-2H3,(H,14,18)(H,15,19). The molecule has 0 spiro atoms. The molecule has 0 saturated carbocycles. The Morgan fingerprint density at radius 2 is 2.00 bits per heavy atom. The molecule has 0 aliphatic carbocycles. The summed E-state index contributed by atoms with van der Waals surface area (Å²) >= 11 is 5.11. The van der Waals surface area contributed by atoms with Crippen LogP contribution in [0, 0.1) is 18.6 Å². The van der Waals surface area contributed by atoms with Gasteiger partial charge >= 0.3 is 0 Å². The molecule has 0 aliphatic rings. The van der Waals surface area contributed by atoms with Crippen LogP contribution in [0.3, 0.4) is 0 Å². The van der Waals surface area contributed by atoms with Gasteiger partial charge < -0.3 is 0 Å². The van der Waals surface area contributed by atoms with Crippen molar-refractivity contribution in [3.8, 4) is 11.3 Å². The number of benzene rings is 1. The molecule has 2 aromatic heterocycles. The lowest BCUT2D eigenvalue weighted by atomic mass is 10.0. The van der Waals surface area contributed by atoms with Crippen molar-refractivity contribution in [3.63, 3.8) is 0 Å². The lowest BCUT2D eigenvalue weighted by molar-refractivity contribution is 0.828. The van der Waals surface area contributed by atoms with Gasteiger partial charge in [-0.25, -0.2) is 0 Å². The summed E-state index contributed by atoms with van der Waals surface area (Å²) in [6, 6.07) is 7.90. The Bertz CT molecular complexity index is 841. The summed E-state index contributed by atoms with van der Waals surface area (Å²) in [5.74, 6) is 0. The van der Waals surface area contributed by atoms with Gasteiger partial charge in [-0.05, 0) is 43.8 Å². The predicted octanol–water partition coefficient (Wildman–Crippen LogP) is 2.36. The average Bonchev–Trinajstić information content (AvgIpc) is 2.83. The molecule has 0 unspecified atom stereocenters. The summed E-state index contributed by atoms with van der Waals surface area (Å²) in [5, 5.41) is 9.51. The molecule has 5 nitrogen and oxygen atoms in total. The highest BCUT2D eigenvalue weighted by Gasteiger charge is 2.10. The number of hydrogen-bond donors (Lipinski definition) is 2. The molecule has 96 valence electrons. The molecule has 0 bridgehead atoms. The first-order valence-corrected chi connectivity index (χ1v) is 6.25. The van der Waals surface area contributed by atoms with Gasteiger partial charge in [0.2, 0.25) is 4.77 Å². The molecule has 2 heterocycles. The van der Waals surface area contributed by atoms with E-state index in [1.54, 1.807) is 6.07 Å². The SMILES string of the molecule is Cc1ccc(C)c(-c2cc3c(=O)[nH][nH]c(=S)n3n2)c1. The van der Waals surface area contributed by atoms with Gasteiger partial charge in [-0.2, -0.15) is 9.61 Å². The van der Waals surface area contributed by atoms with Gasteiger partial charge in [-0.1, -0.05) is 17.7 Å². The van der Waals surface area contributed by atoms with Crippen LogP contribution < -0.4 is 5.56 Å². The van der Waals surface area contributed by atoms with Crippen LogP contribution in [0.1, 0.15) is 11.1 Å². The number of aryl methyl sites for hydroxylation is 2. The summed E-state index contributed by atoms with van der Waals surface area (Å²) in [6.07, 6.45) is 0. The Hall–Kier alpha value is -2.21. The highest BCUT2D eigenvalue weighted by molar-refractivity contribution is 7.71. The van der Waals surface area contributed by atoms with Gasteiger partial charge in [-0.3, -0.25) is 15.0 Å². The Balaban J connectivity index is 2.35. The fourth-order valence-electron chi connectivity index (χ4n) is 2.07. The first-order chi connectivity index (χ1) is 9.06. The minimum Gasteiger partial charge on any atom is -0.272 e. The first-order valence-electron chi connectivity index (χ1n) is 5.84. The normalized spacial score (nSPS) is 11.1. The van der Waals surface area contributed by atoms with Crippen LogP contribution in [0.15, 0.2) is 29.1 Å². The summed E-state index contributed by atoms with van der Waals surface area (Å²) < 4.78 is 1.82. The third-order valence-corrected chi connectivity index (χ3v) is 3.36. The number of aromatic nitrogens is 4. The van der Waals surface area contributed by atoms with Crippen LogP contribution in [-0.4, -0.2) is 19.8 Å². The lowest BCUT2D eigenvalue weighted by Crippen LogP contribution is -2.12. The minimum absolute atomic E-state index is 0.238. The van der Waals surface area contributed by atoms with Gasteiger partial charge in [0.05, 0.1) is 5.69 Å². The molecule has 0 aliphatic heterocycles. The molecular formula is C13H12N4OS. The van der Waals surface area contributed by atoms with E-state index < -0.39 is 0 Å². The third kappa shape index (κ3) is 1.90. The number of hydrogen-bond acceptors (Lipinski definition) is 3. The number of fused-ring (bicyclic) bond motifs is 1. The summed E-state index contributed by atoms with van der Waals surface area (Å²) in [7, 11) is 0. The zero-order valence-corrected chi connectivity index (χ0v) is 11.3. The van der Waals surface area contributed by atoms with Crippen molar-refractivity contribution in [1.29, 1.82) is 0 Å². The maximum atomic E-state index is 11.7. The Morgan fingerprint density at radius 1 is 1.21 bits per heavy atom. The van der Waals surface area contributed by atoms with Gasteiger partial charge in [0.15, 0.2) is 0 Å². The van der Waals surface area contributed by atoms with Crippen molar-refractivity contribution in [1.82, 2.24) is 19.8 Å². The van der Waals surface area contributed by atoms with Crippen LogP contribution in [0.4, 0.5) is 0 Å². The van der Waals surface area contributed by atoms with E-state index in [0.717, 1.165) is 22.4 Å². The highest BCUT2D eigenvalue weighted by atomic mass is 32.1. The second-order valence-electron chi connectivity index (χ2n) is 4.53. The maximum Gasteiger partial charge on any atom is 0.288 e. The highest BCUT2D eigenvalue weighted by Crippen LogP contribution is 2.23. The molecule has 0 radical (unpaired) electrons. The van der Waals surface area contributed by atoms with Gasteiger partial charge in [0, 0.05) is 5.56 Å². The van der Waals surface area contributed by atoms with Crippen LogP contribution >= 0.6 is 12.2 Å². The van der Waals surface area contributed by atoms with Crippen molar-refractivity contribution < 1.29 is 0 Å². The zero-order valence-electron chi connectivity index (χ0n) is 10.5. The number of nitrogens with zero attached hydrogens (tertiary/aromatic N) is 2. The lowest BCUT2D eigenvalue weighted by Gasteiger charge is -2.03. The van der Waals surface area contributed by atoms with Crippen molar-refractivity contribution in [2.75, 3.05) is 0 Å². The zero-order chi connectivity index (χ0) is 13.6. The van der Waals surface area contributed by atoms with Gasteiger partial charge in [-0.15, -0.1) is 0 Å². The molecule has 2 N–H and O–H groups in total. The molecule has 0 amide bonds. The number of nitrogens with one attached hydrogen (secondary N) is 2. The molecular weight excluding hydrogens is 260 g/mol. The largest absolute Gasteiger partial charge is 0.288 e. The monoisotopic (exact) mass is 272 g/mol. The summed E-state index contributed by atoms with van der Waals surface area (Å²) in [6.45, 7) is 4.04. The van der Waals surface area contributed by atoms with Crippen LogP contribution in [-0.2, 0) is 0 Å². The summed E-state index contributed by atoms with van der Waals surface area (Å²) in [5.41, 5.74) is 4.23. The molecule has 0 saturated heterocycles. The van der Waals surface area contributed by atoms with Crippen molar-refractivity contribution in [3.05, 3.63) is 50.5 Å². The van der Waals surface area contributed by atoms with E-state index in [1.807, 2.05) is 26.0 Å². The minimum atomic E-state index is -0.238. The second kappa shape index (κ2) is 4.17. The van der Waals surface area contributed by atoms with E-state index in [9.17, 15) is 4.79 Å². The molecule has 3 rings (SSSR count). The number of aromatic amines is 2. The smallest absolute Gasteiger partial charge is 0.272 e.